The predicted molar refractivity (Wildman–Crippen MR) is 80.9 cm³/mol. The molecule has 1 atom stereocenters. The lowest BCUT2D eigenvalue weighted by Gasteiger charge is -2.26. The number of rotatable bonds is 5. The van der Waals surface area contributed by atoms with Crippen molar-refractivity contribution >= 4 is 5.82 Å². The highest BCUT2D eigenvalue weighted by Gasteiger charge is 2.20. The monoisotopic (exact) mass is 285 g/mol. The minimum absolute atomic E-state index is 0.0475. The van der Waals surface area contributed by atoms with Crippen LogP contribution < -0.4 is 14.8 Å². The Morgan fingerprint density at radius 3 is 2.95 bits per heavy atom. The van der Waals surface area contributed by atoms with Crippen LogP contribution in [0.15, 0.2) is 36.5 Å². The zero-order chi connectivity index (χ0) is 14.5. The molecule has 1 aliphatic rings. The summed E-state index contributed by atoms with van der Waals surface area (Å²) in [5.41, 5.74) is 0. The van der Waals surface area contributed by atoms with Crippen molar-refractivity contribution in [3.05, 3.63) is 42.4 Å². The highest BCUT2D eigenvalue weighted by Crippen LogP contribution is 2.31. The first-order valence-electron chi connectivity index (χ1n) is 7.29. The second kappa shape index (κ2) is 6.43. The number of anilines is 1. The second-order valence-corrected chi connectivity index (χ2v) is 4.92. The fourth-order valence-electron chi connectivity index (χ4n) is 2.29. The van der Waals surface area contributed by atoms with Crippen LogP contribution in [-0.4, -0.2) is 29.2 Å². The zero-order valence-electron chi connectivity index (χ0n) is 12.1. The molecule has 1 aromatic heterocycles. The Morgan fingerprint density at radius 2 is 2.10 bits per heavy atom. The van der Waals surface area contributed by atoms with Gasteiger partial charge >= 0.3 is 0 Å². The maximum absolute atomic E-state index is 5.94. The van der Waals surface area contributed by atoms with Crippen LogP contribution in [0.5, 0.6) is 11.5 Å². The van der Waals surface area contributed by atoms with Crippen molar-refractivity contribution < 1.29 is 9.47 Å². The van der Waals surface area contributed by atoms with Crippen molar-refractivity contribution in [2.24, 2.45) is 0 Å². The Balaban J connectivity index is 1.58. The number of nitrogens with zero attached hydrogens (tertiary/aromatic N) is 2. The lowest BCUT2D eigenvalue weighted by Crippen LogP contribution is -2.29. The second-order valence-electron chi connectivity index (χ2n) is 4.92. The lowest BCUT2D eigenvalue weighted by molar-refractivity contribution is 0.0847. The topological polar surface area (TPSA) is 56.3 Å². The molecule has 0 aliphatic carbocycles. The average molecular weight is 285 g/mol. The van der Waals surface area contributed by atoms with Gasteiger partial charge in [-0.25, -0.2) is 9.97 Å². The first kappa shape index (κ1) is 13.7. The molecule has 1 aliphatic heterocycles. The maximum atomic E-state index is 5.94. The number of nitrogens with one attached hydrogen (secondary N) is 1. The molecule has 0 saturated heterocycles. The molecular weight excluding hydrogens is 266 g/mol. The smallest absolute Gasteiger partial charge is 0.161 e. The molecule has 1 aromatic carbocycles. The molecule has 2 heterocycles. The Bertz CT molecular complexity index is 604. The van der Waals surface area contributed by atoms with E-state index in [2.05, 4.69) is 15.3 Å². The van der Waals surface area contributed by atoms with Crippen LogP contribution in [0.4, 0.5) is 5.82 Å². The van der Waals surface area contributed by atoms with Crippen LogP contribution in [0.1, 0.15) is 19.2 Å². The van der Waals surface area contributed by atoms with Gasteiger partial charge in [-0.3, -0.25) is 0 Å². The van der Waals surface area contributed by atoms with Crippen LogP contribution in [0, 0.1) is 0 Å². The molecule has 0 bridgehead atoms. The zero-order valence-corrected chi connectivity index (χ0v) is 12.1. The van der Waals surface area contributed by atoms with E-state index in [1.165, 1.54) is 0 Å². The lowest BCUT2D eigenvalue weighted by atomic mass is 10.1. The van der Waals surface area contributed by atoms with Crippen molar-refractivity contribution in [2.75, 3.05) is 18.5 Å². The van der Waals surface area contributed by atoms with E-state index in [1.807, 2.05) is 37.3 Å². The summed E-state index contributed by atoms with van der Waals surface area (Å²) < 4.78 is 11.6. The van der Waals surface area contributed by atoms with Crippen LogP contribution >= 0.6 is 0 Å². The summed E-state index contributed by atoms with van der Waals surface area (Å²) >= 11 is 0. The van der Waals surface area contributed by atoms with E-state index in [0.29, 0.717) is 6.61 Å². The first-order valence-corrected chi connectivity index (χ1v) is 7.29. The number of aryl methyl sites for hydroxylation is 1. The van der Waals surface area contributed by atoms with Gasteiger partial charge in [-0.15, -0.1) is 0 Å². The SMILES string of the molecule is CCNc1ccnc(CCC2COc3ccccc3O2)n1. The highest BCUT2D eigenvalue weighted by atomic mass is 16.6. The summed E-state index contributed by atoms with van der Waals surface area (Å²) in [4.78, 5) is 8.78. The predicted octanol–water partition coefficient (Wildman–Crippen LogP) is 2.68. The largest absolute Gasteiger partial charge is 0.486 e. The van der Waals surface area contributed by atoms with E-state index >= 15 is 0 Å². The third kappa shape index (κ3) is 3.42. The van der Waals surface area contributed by atoms with Crippen LogP contribution in [-0.2, 0) is 6.42 Å². The minimum Gasteiger partial charge on any atom is -0.486 e. The normalized spacial score (nSPS) is 16.5. The summed E-state index contributed by atoms with van der Waals surface area (Å²) in [6.07, 6.45) is 3.44. The maximum Gasteiger partial charge on any atom is 0.161 e. The summed E-state index contributed by atoms with van der Waals surface area (Å²) in [7, 11) is 0. The Labute approximate surface area is 124 Å². The number of benzene rings is 1. The van der Waals surface area contributed by atoms with Crippen molar-refractivity contribution in [1.29, 1.82) is 0 Å². The molecule has 0 fully saturated rings. The van der Waals surface area contributed by atoms with Gasteiger partial charge in [0.1, 0.15) is 24.4 Å². The molecule has 5 heteroatoms. The third-order valence-electron chi connectivity index (χ3n) is 3.32. The van der Waals surface area contributed by atoms with Crippen molar-refractivity contribution in [2.45, 2.75) is 25.9 Å². The van der Waals surface area contributed by atoms with Crippen LogP contribution in [0.2, 0.25) is 0 Å². The fourth-order valence-corrected chi connectivity index (χ4v) is 2.29. The Hall–Kier alpha value is -2.30. The van der Waals surface area contributed by atoms with Gasteiger partial charge in [-0.2, -0.15) is 0 Å². The molecule has 1 N–H and O–H groups in total. The van der Waals surface area contributed by atoms with E-state index in [4.69, 9.17) is 9.47 Å². The number of fused-ring (bicyclic) bond motifs is 1. The number of ether oxygens (including phenoxy) is 2. The van der Waals surface area contributed by atoms with Crippen molar-refractivity contribution in [1.82, 2.24) is 9.97 Å². The minimum atomic E-state index is 0.0475. The first-order chi connectivity index (χ1) is 10.3. The number of aromatic nitrogens is 2. The Kier molecular flexibility index (Phi) is 4.19. The van der Waals surface area contributed by atoms with E-state index in [9.17, 15) is 0 Å². The molecule has 1 unspecified atom stereocenters. The van der Waals surface area contributed by atoms with E-state index in [1.54, 1.807) is 6.20 Å². The van der Waals surface area contributed by atoms with Crippen LogP contribution in [0.25, 0.3) is 0 Å². The average Bonchev–Trinajstić information content (AvgIpc) is 2.53. The van der Waals surface area contributed by atoms with Gasteiger partial charge in [0.15, 0.2) is 11.5 Å². The van der Waals surface area contributed by atoms with Gasteiger partial charge in [0.05, 0.1) is 0 Å². The van der Waals surface area contributed by atoms with E-state index in [0.717, 1.165) is 42.5 Å². The third-order valence-corrected chi connectivity index (χ3v) is 3.32. The van der Waals surface area contributed by atoms with Crippen molar-refractivity contribution in [3.8, 4) is 11.5 Å². The van der Waals surface area contributed by atoms with Gasteiger partial charge in [0.2, 0.25) is 0 Å². The quantitative estimate of drug-likeness (QED) is 0.915. The van der Waals surface area contributed by atoms with Gasteiger partial charge < -0.3 is 14.8 Å². The molecule has 0 spiro atoms. The molecule has 0 radical (unpaired) electrons. The molecule has 5 nitrogen and oxygen atoms in total. The molecule has 0 saturated carbocycles. The van der Waals surface area contributed by atoms with E-state index in [-0.39, 0.29) is 6.10 Å². The van der Waals surface area contributed by atoms with E-state index < -0.39 is 0 Å². The highest BCUT2D eigenvalue weighted by molar-refractivity contribution is 5.40. The summed E-state index contributed by atoms with van der Waals surface area (Å²) in [5.74, 6) is 3.33. The standard InChI is InChI=1S/C16H19N3O2/c1-2-17-16-9-10-18-15(19-16)8-7-12-11-20-13-5-3-4-6-14(13)21-12/h3-6,9-10,12H,2,7-8,11H2,1H3,(H,17,18,19). The number of hydrogen-bond acceptors (Lipinski definition) is 5. The van der Waals surface area contributed by atoms with Gasteiger partial charge in [0.25, 0.3) is 0 Å². The molecule has 21 heavy (non-hydrogen) atoms. The molecule has 0 amide bonds. The molecule has 3 rings (SSSR count). The summed E-state index contributed by atoms with van der Waals surface area (Å²) in [6, 6.07) is 9.64. The van der Waals surface area contributed by atoms with Gasteiger partial charge in [0, 0.05) is 19.2 Å². The number of para-hydroxylation sites is 2. The number of hydrogen-bond donors (Lipinski definition) is 1. The van der Waals surface area contributed by atoms with Gasteiger partial charge in [-0.05, 0) is 31.5 Å². The van der Waals surface area contributed by atoms with Crippen LogP contribution in [0.3, 0.4) is 0 Å². The Morgan fingerprint density at radius 1 is 1.24 bits per heavy atom. The molecule has 110 valence electrons. The van der Waals surface area contributed by atoms with Gasteiger partial charge in [-0.1, -0.05) is 12.1 Å². The molecule has 2 aromatic rings. The van der Waals surface area contributed by atoms with Crippen molar-refractivity contribution in [3.63, 3.8) is 0 Å². The summed E-state index contributed by atoms with van der Waals surface area (Å²) in [6.45, 7) is 3.48. The fraction of sp³-hybridized carbons (Fsp3) is 0.375. The molecular formula is C16H19N3O2. The summed E-state index contributed by atoms with van der Waals surface area (Å²) in [5, 5.41) is 3.19.